The second-order valence-electron chi connectivity index (χ2n) is 11.2. The Balaban J connectivity index is 1.17. The maximum Gasteiger partial charge on any atom is 0.220 e. The third-order valence-corrected chi connectivity index (χ3v) is 9.39. The summed E-state index contributed by atoms with van der Waals surface area (Å²) in [6, 6.07) is 11.4. The zero-order chi connectivity index (χ0) is 32.2. The van der Waals surface area contributed by atoms with Gasteiger partial charge in [0.2, 0.25) is 11.8 Å². The summed E-state index contributed by atoms with van der Waals surface area (Å²) in [7, 11) is 0. The van der Waals surface area contributed by atoms with Crippen molar-refractivity contribution >= 4 is 58.2 Å². The predicted octanol–water partition coefficient (Wildman–Crippen LogP) is 5.62. The molecule has 2 atom stereocenters. The van der Waals surface area contributed by atoms with Crippen molar-refractivity contribution in [1.82, 2.24) is 41.2 Å². The average Bonchev–Trinajstić information content (AvgIpc) is 3.66. The second-order valence-corrected chi connectivity index (χ2v) is 12.7. The summed E-state index contributed by atoms with van der Waals surface area (Å²) < 4.78 is 0. The standard InChI is InChI=1S/C32H30Cl4N8O2/c33-29-19(3-1-5-21(29)23-15-39-25(31(35)43-23)13-37-11-17-7-9-27(45)41-17)20-4-2-6-22(30(20)34)24-16-40-26(32(36)44-24)14-38-12-18-8-10-28(46)42-18/h1-6,15-18,37-38H,7-14H2,(H,41,45)(H,42,46)/t17-,18-/m0/s1. The Bertz CT molecular complexity index is 1660. The minimum atomic E-state index is 0.0749. The normalized spacial score (nSPS) is 17.7. The fourth-order valence-electron chi connectivity index (χ4n) is 5.55. The Morgan fingerprint density at radius 1 is 0.652 bits per heavy atom. The highest BCUT2D eigenvalue weighted by molar-refractivity contribution is 6.39. The molecule has 0 bridgehead atoms. The Hall–Kier alpha value is -3.38. The Kier molecular flexibility index (Phi) is 10.3. The van der Waals surface area contributed by atoms with Crippen molar-refractivity contribution in [3.63, 3.8) is 0 Å². The molecule has 2 aromatic heterocycles. The fourth-order valence-corrected chi connectivity index (χ4v) is 6.61. The van der Waals surface area contributed by atoms with Gasteiger partial charge in [0.1, 0.15) is 0 Å². The monoisotopic (exact) mass is 698 g/mol. The Morgan fingerprint density at radius 3 is 1.43 bits per heavy atom. The number of nitrogens with zero attached hydrogens (tertiary/aromatic N) is 4. The molecule has 4 heterocycles. The molecule has 46 heavy (non-hydrogen) atoms. The molecule has 0 radical (unpaired) electrons. The summed E-state index contributed by atoms with van der Waals surface area (Å²) in [6.45, 7) is 2.08. The van der Waals surface area contributed by atoms with E-state index in [-0.39, 0.29) is 34.2 Å². The van der Waals surface area contributed by atoms with E-state index < -0.39 is 0 Å². The summed E-state index contributed by atoms with van der Waals surface area (Å²) in [5.74, 6) is 0.150. The molecule has 4 aromatic rings. The van der Waals surface area contributed by atoms with Gasteiger partial charge in [0, 0.05) is 73.4 Å². The number of hydrogen-bond acceptors (Lipinski definition) is 8. The van der Waals surface area contributed by atoms with E-state index in [9.17, 15) is 9.59 Å². The van der Waals surface area contributed by atoms with Crippen LogP contribution in [0, 0.1) is 0 Å². The van der Waals surface area contributed by atoms with Crippen molar-refractivity contribution in [2.45, 2.75) is 50.9 Å². The first-order chi connectivity index (χ1) is 22.3. The molecule has 2 saturated heterocycles. The number of hydrogen-bond donors (Lipinski definition) is 4. The van der Waals surface area contributed by atoms with Crippen LogP contribution in [0.25, 0.3) is 33.6 Å². The molecule has 0 saturated carbocycles. The van der Waals surface area contributed by atoms with Crippen LogP contribution in [-0.2, 0) is 22.7 Å². The van der Waals surface area contributed by atoms with Crippen LogP contribution < -0.4 is 21.3 Å². The number of carbonyl (C=O) groups excluding carboxylic acids is 2. The lowest BCUT2D eigenvalue weighted by Gasteiger charge is -2.15. The molecule has 2 amide bonds. The SMILES string of the molecule is O=C1CC[C@@H](CNCc2ncc(-c3cccc(-c4cccc(-c5cnc(CNC[C@@H]6CCC(=O)N6)c(Cl)n5)c4Cl)c3Cl)nc2Cl)N1. The molecule has 238 valence electrons. The molecule has 4 N–H and O–H groups in total. The van der Waals surface area contributed by atoms with E-state index in [0.29, 0.717) is 94.1 Å². The van der Waals surface area contributed by atoms with Crippen LogP contribution in [0.2, 0.25) is 20.4 Å². The molecule has 2 aromatic carbocycles. The van der Waals surface area contributed by atoms with Gasteiger partial charge in [-0.2, -0.15) is 0 Å². The number of amides is 2. The second kappa shape index (κ2) is 14.6. The average molecular weight is 700 g/mol. The van der Waals surface area contributed by atoms with E-state index in [1.807, 2.05) is 36.4 Å². The molecule has 2 fully saturated rings. The van der Waals surface area contributed by atoms with Gasteiger partial charge in [-0.05, 0) is 12.8 Å². The van der Waals surface area contributed by atoms with Crippen LogP contribution >= 0.6 is 46.4 Å². The van der Waals surface area contributed by atoms with Crippen molar-refractivity contribution in [1.29, 1.82) is 0 Å². The van der Waals surface area contributed by atoms with Crippen molar-refractivity contribution in [3.05, 3.63) is 80.5 Å². The topological polar surface area (TPSA) is 134 Å². The van der Waals surface area contributed by atoms with E-state index in [0.717, 1.165) is 12.8 Å². The summed E-state index contributed by atoms with van der Waals surface area (Å²) >= 11 is 27.0. The third kappa shape index (κ3) is 7.43. The minimum absolute atomic E-state index is 0.0749. The first kappa shape index (κ1) is 32.6. The van der Waals surface area contributed by atoms with Gasteiger partial charge in [-0.3, -0.25) is 19.6 Å². The van der Waals surface area contributed by atoms with Crippen molar-refractivity contribution in [2.24, 2.45) is 0 Å². The van der Waals surface area contributed by atoms with Crippen LogP contribution in [0.15, 0.2) is 48.8 Å². The van der Waals surface area contributed by atoms with E-state index in [2.05, 4.69) is 41.2 Å². The number of aromatic nitrogens is 4. The lowest BCUT2D eigenvalue weighted by atomic mass is 9.98. The highest BCUT2D eigenvalue weighted by Crippen LogP contribution is 2.42. The van der Waals surface area contributed by atoms with Crippen LogP contribution in [0.3, 0.4) is 0 Å². The van der Waals surface area contributed by atoms with Crippen LogP contribution in [0.4, 0.5) is 0 Å². The molecule has 0 spiro atoms. The van der Waals surface area contributed by atoms with Crippen LogP contribution in [0.5, 0.6) is 0 Å². The highest BCUT2D eigenvalue weighted by atomic mass is 35.5. The predicted molar refractivity (Wildman–Crippen MR) is 180 cm³/mol. The molecule has 2 aliphatic rings. The number of benzene rings is 2. The molecular weight excluding hydrogens is 670 g/mol. The van der Waals surface area contributed by atoms with E-state index >= 15 is 0 Å². The molecule has 2 aliphatic heterocycles. The molecule has 0 aliphatic carbocycles. The maximum atomic E-state index is 11.4. The number of halogens is 4. The third-order valence-electron chi connectivity index (χ3n) is 7.97. The number of nitrogens with one attached hydrogen (secondary N) is 4. The van der Waals surface area contributed by atoms with Gasteiger partial charge in [-0.25, -0.2) is 9.97 Å². The molecule has 6 rings (SSSR count). The van der Waals surface area contributed by atoms with E-state index in [1.165, 1.54) is 0 Å². The molecule has 0 unspecified atom stereocenters. The van der Waals surface area contributed by atoms with Crippen LogP contribution in [-0.4, -0.2) is 56.9 Å². The zero-order valence-corrected chi connectivity index (χ0v) is 27.6. The Morgan fingerprint density at radius 2 is 1.07 bits per heavy atom. The number of carbonyl (C=O) groups is 2. The molecule has 14 heteroatoms. The fraction of sp³-hybridized carbons (Fsp3) is 0.312. The Labute approximate surface area is 286 Å². The van der Waals surface area contributed by atoms with Gasteiger partial charge in [0.15, 0.2) is 10.3 Å². The lowest BCUT2D eigenvalue weighted by Crippen LogP contribution is -2.35. The molecule has 10 nitrogen and oxygen atoms in total. The van der Waals surface area contributed by atoms with Gasteiger partial charge in [-0.1, -0.05) is 82.8 Å². The first-order valence-corrected chi connectivity index (χ1v) is 16.4. The quantitative estimate of drug-likeness (QED) is 0.159. The van der Waals surface area contributed by atoms with Crippen LogP contribution in [0.1, 0.15) is 37.1 Å². The van der Waals surface area contributed by atoms with Gasteiger partial charge in [-0.15, -0.1) is 0 Å². The smallest absolute Gasteiger partial charge is 0.220 e. The zero-order valence-electron chi connectivity index (χ0n) is 24.5. The summed E-state index contributed by atoms with van der Waals surface area (Å²) in [5, 5.41) is 13.8. The highest BCUT2D eigenvalue weighted by Gasteiger charge is 2.22. The minimum Gasteiger partial charge on any atom is -0.352 e. The van der Waals surface area contributed by atoms with Gasteiger partial charge >= 0.3 is 0 Å². The van der Waals surface area contributed by atoms with Gasteiger partial charge in [0.05, 0.1) is 45.2 Å². The maximum absolute atomic E-state index is 11.4. The summed E-state index contributed by atoms with van der Waals surface area (Å²) in [6.07, 6.45) is 5.99. The lowest BCUT2D eigenvalue weighted by molar-refractivity contribution is -0.120. The van der Waals surface area contributed by atoms with Crippen molar-refractivity contribution < 1.29 is 9.59 Å². The summed E-state index contributed by atoms with van der Waals surface area (Å²) in [4.78, 5) is 41.1. The van der Waals surface area contributed by atoms with Gasteiger partial charge in [0.25, 0.3) is 0 Å². The molecular formula is C32H30Cl4N8O2. The summed E-state index contributed by atoms with van der Waals surface area (Å²) in [5.41, 5.74) is 4.95. The van der Waals surface area contributed by atoms with Crippen molar-refractivity contribution in [2.75, 3.05) is 13.1 Å². The number of rotatable bonds is 11. The largest absolute Gasteiger partial charge is 0.352 e. The first-order valence-electron chi connectivity index (χ1n) is 14.9. The van der Waals surface area contributed by atoms with Crippen molar-refractivity contribution in [3.8, 4) is 33.6 Å². The van der Waals surface area contributed by atoms with E-state index in [1.54, 1.807) is 12.4 Å². The van der Waals surface area contributed by atoms with E-state index in [4.69, 9.17) is 46.4 Å². The van der Waals surface area contributed by atoms with Gasteiger partial charge < -0.3 is 21.3 Å².